The lowest BCUT2D eigenvalue weighted by molar-refractivity contribution is -0.385. The molecule has 0 spiro atoms. The second-order valence-electron chi connectivity index (χ2n) is 4.30. The van der Waals surface area contributed by atoms with Gasteiger partial charge in [-0.15, -0.1) is 0 Å². The van der Waals surface area contributed by atoms with Gasteiger partial charge in [0.15, 0.2) is 5.75 Å². The number of rotatable bonds is 4. The predicted octanol–water partition coefficient (Wildman–Crippen LogP) is 2.83. The van der Waals surface area contributed by atoms with Crippen LogP contribution in [0.3, 0.4) is 0 Å². The van der Waals surface area contributed by atoms with Crippen molar-refractivity contribution in [2.24, 2.45) is 10.2 Å². The van der Waals surface area contributed by atoms with Crippen molar-refractivity contribution in [1.29, 1.82) is 0 Å². The number of hydrogen-bond donors (Lipinski definition) is 4. The molecule has 2 rings (SSSR count). The molecular formula is C13H9N3O7. The second kappa shape index (κ2) is 5.97. The molecule has 0 radical (unpaired) electrons. The van der Waals surface area contributed by atoms with E-state index in [0.29, 0.717) is 0 Å². The van der Waals surface area contributed by atoms with Gasteiger partial charge in [-0.2, -0.15) is 10.2 Å². The van der Waals surface area contributed by atoms with Gasteiger partial charge in [0, 0.05) is 12.1 Å². The number of aromatic hydroxyl groups is 3. The third-order valence-corrected chi connectivity index (χ3v) is 2.74. The molecule has 0 heterocycles. The van der Waals surface area contributed by atoms with Crippen LogP contribution in [0.25, 0.3) is 0 Å². The Balaban J connectivity index is 2.39. The summed E-state index contributed by atoms with van der Waals surface area (Å²) < 4.78 is 0. The average Bonchev–Trinajstić information content (AvgIpc) is 2.48. The number of carboxylic acid groups (broad SMARTS) is 1. The van der Waals surface area contributed by atoms with Gasteiger partial charge in [-0.25, -0.2) is 4.79 Å². The number of phenols is 3. The molecule has 2 aromatic carbocycles. The summed E-state index contributed by atoms with van der Waals surface area (Å²) in [6.07, 6.45) is 0. The quantitative estimate of drug-likeness (QED) is 0.291. The molecule has 0 unspecified atom stereocenters. The maximum atomic E-state index is 10.9. The van der Waals surface area contributed by atoms with Crippen molar-refractivity contribution in [2.75, 3.05) is 0 Å². The Bertz CT molecular complexity index is 833. The van der Waals surface area contributed by atoms with Gasteiger partial charge < -0.3 is 20.4 Å². The summed E-state index contributed by atoms with van der Waals surface area (Å²) in [5, 5.41) is 55.0. The number of carboxylic acids is 1. The third kappa shape index (κ3) is 3.32. The first-order chi connectivity index (χ1) is 10.8. The number of benzene rings is 2. The standard InChI is InChI=1S/C13H9N3O7/c17-10-2-1-6(3-8(10)13(20)21)14-15-7-4-9(16(22)23)12(19)11(18)5-7/h1-5,17-19H,(H,20,21). The molecule has 10 nitrogen and oxygen atoms in total. The zero-order valence-electron chi connectivity index (χ0n) is 11.2. The van der Waals surface area contributed by atoms with Gasteiger partial charge >= 0.3 is 11.7 Å². The number of carbonyl (C=O) groups is 1. The fraction of sp³-hybridized carbons (Fsp3) is 0. The van der Waals surface area contributed by atoms with Crippen LogP contribution in [0.4, 0.5) is 17.1 Å². The van der Waals surface area contributed by atoms with Crippen molar-refractivity contribution in [1.82, 2.24) is 0 Å². The fourth-order valence-corrected chi connectivity index (χ4v) is 1.66. The number of nitrogens with zero attached hydrogens (tertiary/aromatic N) is 3. The monoisotopic (exact) mass is 319 g/mol. The number of azo groups is 1. The van der Waals surface area contributed by atoms with Crippen LogP contribution in [0.5, 0.6) is 17.2 Å². The molecule has 0 aliphatic carbocycles. The summed E-state index contributed by atoms with van der Waals surface area (Å²) in [6, 6.07) is 5.27. The van der Waals surface area contributed by atoms with Crippen molar-refractivity contribution in [3.8, 4) is 17.2 Å². The fourth-order valence-electron chi connectivity index (χ4n) is 1.66. The van der Waals surface area contributed by atoms with E-state index in [1.165, 1.54) is 6.07 Å². The molecule has 0 aromatic heterocycles. The lowest BCUT2D eigenvalue weighted by Crippen LogP contribution is -1.95. The van der Waals surface area contributed by atoms with Gasteiger partial charge in [0.2, 0.25) is 5.75 Å². The molecule has 10 heteroatoms. The first-order valence-corrected chi connectivity index (χ1v) is 5.98. The summed E-state index contributed by atoms with van der Waals surface area (Å²) in [4.78, 5) is 20.7. The van der Waals surface area contributed by atoms with Gasteiger partial charge in [0.1, 0.15) is 11.3 Å². The Morgan fingerprint density at radius 3 is 2.26 bits per heavy atom. The topological polar surface area (TPSA) is 166 Å². The summed E-state index contributed by atoms with van der Waals surface area (Å²) in [5.41, 5.74) is -1.20. The third-order valence-electron chi connectivity index (χ3n) is 2.74. The van der Waals surface area contributed by atoms with Crippen LogP contribution in [-0.4, -0.2) is 31.3 Å². The van der Waals surface area contributed by atoms with Gasteiger partial charge in [-0.3, -0.25) is 10.1 Å². The van der Waals surface area contributed by atoms with Crippen LogP contribution < -0.4 is 0 Å². The number of nitro groups is 1. The molecule has 23 heavy (non-hydrogen) atoms. The first-order valence-electron chi connectivity index (χ1n) is 5.98. The summed E-state index contributed by atoms with van der Waals surface area (Å²) in [7, 11) is 0. The van der Waals surface area contributed by atoms with Crippen LogP contribution in [0.2, 0.25) is 0 Å². The molecule has 0 atom stereocenters. The Labute approximate surface area is 127 Å². The summed E-state index contributed by atoms with van der Waals surface area (Å²) in [5.74, 6) is -3.45. The van der Waals surface area contributed by atoms with Crippen molar-refractivity contribution in [3.63, 3.8) is 0 Å². The highest BCUT2D eigenvalue weighted by molar-refractivity contribution is 5.91. The van der Waals surface area contributed by atoms with E-state index < -0.39 is 33.8 Å². The normalized spacial score (nSPS) is 10.8. The molecule has 2 aromatic rings. The van der Waals surface area contributed by atoms with E-state index in [2.05, 4.69) is 10.2 Å². The van der Waals surface area contributed by atoms with Gasteiger partial charge in [-0.05, 0) is 18.2 Å². The first kappa shape index (κ1) is 15.7. The van der Waals surface area contributed by atoms with Crippen LogP contribution in [0.15, 0.2) is 40.6 Å². The van der Waals surface area contributed by atoms with E-state index in [4.69, 9.17) is 5.11 Å². The highest BCUT2D eigenvalue weighted by atomic mass is 16.6. The lowest BCUT2D eigenvalue weighted by Gasteiger charge is -2.01. The van der Waals surface area contributed by atoms with E-state index in [1.54, 1.807) is 0 Å². The van der Waals surface area contributed by atoms with Gasteiger partial charge in [0.25, 0.3) is 0 Å². The molecule has 0 aliphatic heterocycles. The van der Waals surface area contributed by atoms with Crippen molar-refractivity contribution < 1.29 is 30.1 Å². The smallest absolute Gasteiger partial charge is 0.339 e. The van der Waals surface area contributed by atoms with Crippen LogP contribution >= 0.6 is 0 Å². The molecule has 0 saturated carbocycles. The number of aromatic carboxylic acids is 1. The molecule has 0 aliphatic rings. The minimum atomic E-state index is -1.36. The lowest BCUT2D eigenvalue weighted by atomic mass is 10.2. The summed E-state index contributed by atoms with van der Waals surface area (Å²) in [6.45, 7) is 0. The molecule has 0 fully saturated rings. The van der Waals surface area contributed by atoms with Gasteiger partial charge in [-0.1, -0.05) is 0 Å². The maximum absolute atomic E-state index is 10.9. The molecule has 0 saturated heterocycles. The minimum Gasteiger partial charge on any atom is -0.507 e. The highest BCUT2D eigenvalue weighted by Crippen LogP contribution is 2.39. The number of nitro benzene ring substituents is 1. The Morgan fingerprint density at radius 2 is 1.65 bits per heavy atom. The van der Waals surface area contributed by atoms with Crippen molar-refractivity contribution in [3.05, 3.63) is 46.0 Å². The Hall–Kier alpha value is -3.69. The van der Waals surface area contributed by atoms with E-state index in [9.17, 15) is 30.2 Å². The van der Waals surface area contributed by atoms with E-state index in [1.807, 2.05) is 0 Å². The maximum Gasteiger partial charge on any atom is 0.339 e. The Morgan fingerprint density at radius 1 is 1.00 bits per heavy atom. The van der Waals surface area contributed by atoms with E-state index in [0.717, 1.165) is 24.3 Å². The van der Waals surface area contributed by atoms with Crippen LogP contribution in [0, 0.1) is 10.1 Å². The zero-order valence-corrected chi connectivity index (χ0v) is 11.2. The SMILES string of the molecule is O=C(O)c1cc(N=Nc2cc(O)c(O)c([N+](=O)[O-])c2)ccc1O. The largest absolute Gasteiger partial charge is 0.507 e. The molecule has 4 N–H and O–H groups in total. The van der Waals surface area contributed by atoms with Gasteiger partial charge in [0.05, 0.1) is 16.3 Å². The van der Waals surface area contributed by atoms with Crippen molar-refractivity contribution >= 4 is 23.0 Å². The number of hydrogen-bond acceptors (Lipinski definition) is 8. The second-order valence-corrected chi connectivity index (χ2v) is 4.30. The zero-order chi connectivity index (χ0) is 17.1. The molecular weight excluding hydrogens is 310 g/mol. The van der Waals surface area contributed by atoms with Crippen molar-refractivity contribution in [2.45, 2.75) is 0 Å². The number of phenolic OH excluding ortho intramolecular Hbond substituents is 2. The van der Waals surface area contributed by atoms with E-state index in [-0.39, 0.29) is 16.9 Å². The molecule has 0 bridgehead atoms. The molecule has 118 valence electrons. The van der Waals surface area contributed by atoms with Crippen LogP contribution in [-0.2, 0) is 0 Å². The predicted molar refractivity (Wildman–Crippen MR) is 75.7 cm³/mol. The average molecular weight is 319 g/mol. The summed E-state index contributed by atoms with van der Waals surface area (Å²) >= 11 is 0. The molecule has 0 amide bonds. The van der Waals surface area contributed by atoms with E-state index >= 15 is 0 Å². The van der Waals surface area contributed by atoms with Crippen LogP contribution in [0.1, 0.15) is 10.4 Å². The minimum absolute atomic E-state index is 0.0652. The highest BCUT2D eigenvalue weighted by Gasteiger charge is 2.19. The Kier molecular flexibility index (Phi) is 4.07.